The third-order valence-electron chi connectivity index (χ3n) is 5.19. The Hall–Kier alpha value is -3.02. The number of guanidine groups is 1. The number of aliphatic imine (C=N–C) groups is 1. The van der Waals surface area contributed by atoms with Crippen molar-refractivity contribution in [1.29, 1.82) is 0 Å². The molecule has 0 bridgehead atoms. The maximum Gasteiger partial charge on any atom is 0.251 e. The van der Waals surface area contributed by atoms with Crippen molar-refractivity contribution in [3.8, 4) is 5.75 Å². The van der Waals surface area contributed by atoms with Gasteiger partial charge in [0.15, 0.2) is 5.96 Å². The fourth-order valence-corrected chi connectivity index (χ4v) is 3.26. The molecule has 0 aromatic heterocycles. The van der Waals surface area contributed by atoms with E-state index >= 15 is 0 Å². The van der Waals surface area contributed by atoms with Gasteiger partial charge in [-0.25, -0.2) is 4.99 Å². The van der Waals surface area contributed by atoms with E-state index in [1.807, 2.05) is 42.5 Å². The molecule has 1 amide bonds. The fourth-order valence-electron chi connectivity index (χ4n) is 3.26. The van der Waals surface area contributed by atoms with Crippen molar-refractivity contribution in [2.75, 3.05) is 20.1 Å². The summed E-state index contributed by atoms with van der Waals surface area (Å²) in [6, 6.07) is 15.8. The molecule has 2 aromatic rings. The fraction of sp³-hybridized carbons (Fsp3) is 0.417. The lowest BCUT2D eigenvalue weighted by molar-refractivity contribution is 0.0963. The Morgan fingerprint density at radius 2 is 1.97 bits per heavy atom. The van der Waals surface area contributed by atoms with Crippen LogP contribution in [-0.2, 0) is 13.0 Å². The molecule has 0 heterocycles. The van der Waals surface area contributed by atoms with Crippen LogP contribution in [0.15, 0.2) is 53.5 Å². The predicted octanol–water partition coefficient (Wildman–Crippen LogP) is 3.28. The molecule has 0 aliphatic heterocycles. The minimum atomic E-state index is -0.0671. The maximum atomic E-state index is 11.8. The number of para-hydroxylation sites is 1. The van der Waals surface area contributed by atoms with Crippen LogP contribution in [0.2, 0.25) is 0 Å². The van der Waals surface area contributed by atoms with Gasteiger partial charge in [0, 0.05) is 31.3 Å². The molecule has 2 aromatic carbocycles. The number of carbonyl (C=O) groups is 1. The Bertz CT molecular complexity index is 862. The van der Waals surface area contributed by atoms with Gasteiger partial charge >= 0.3 is 0 Å². The van der Waals surface area contributed by atoms with E-state index in [1.165, 1.54) is 6.42 Å². The second-order valence-corrected chi connectivity index (χ2v) is 7.43. The van der Waals surface area contributed by atoms with Gasteiger partial charge in [-0.3, -0.25) is 4.79 Å². The number of rotatable bonds is 9. The molecule has 160 valence electrons. The summed E-state index contributed by atoms with van der Waals surface area (Å²) in [5.41, 5.74) is 2.89. The molecule has 0 saturated heterocycles. The molecule has 0 atom stereocenters. The topological polar surface area (TPSA) is 74.8 Å². The van der Waals surface area contributed by atoms with Crippen LogP contribution < -0.4 is 20.7 Å². The summed E-state index contributed by atoms with van der Waals surface area (Å²) in [7, 11) is 1.64. The lowest BCUT2D eigenvalue weighted by atomic mass is 9.96. The number of ether oxygens (including phenoxy) is 1. The summed E-state index contributed by atoms with van der Waals surface area (Å²) in [6.45, 7) is 4.13. The smallest absolute Gasteiger partial charge is 0.251 e. The van der Waals surface area contributed by atoms with Gasteiger partial charge in [-0.1, -0.05) is 30.3 Å². The molecular weight excluding hydrogens is 376 g/mol. The molecule has 1 aliphatic rings. The SMILES string of the molecule is CCNC(=NCc1ccccc1OC1CCC1)NCCc1cccc(C(=O)NC)c1. The number of carbonyl (C=O) groups excluding carboxylic acids is 1. The normalized spacial score (nSPS) is 14.0. The van der Waals surface area contributed by atoms with Gasteiger partial charge < -0.3 is 20.7 Å². The Balaban J connectivity index is 1.57. The average molecular weight is 409 g/mol. The lowest BCUT2D eigenvalue weighted by Gasteiger charge is -2.27. The molecular formula is C24H32N4O2. The third kappa shape index (κ3) is 6.24. The van der Waals surface area contributed by atoms with E-state index in [4.69, 9.17) is 9.73 Å². The van der Waals surface area contributed by atoms with E-state index in [2.05, 4.69) is 28.9 Å². The van der Waals surface area contributed by atoms with Gasteiger partial charge in [-0.2, -0.15) is 0 Å². The van der Waals surface area contributed by atoms with Crippen molar-refractivity contribution < 1.29 is 9.53 Å². The van der Waals surface area contributed by atoms with E-state index in [0.717, 1.165) is 55.2 Å². The van der Waals surface area contributed by atoms with E-state index in [1.54, 1.807) is 7.05 Å². The highest BCUT2D eigenvalue weighted by atomic mass is 16.5. The van der Waals surface area contributed by atoms with Gasteiger partial charge in [0.2, 0.25) is 0 Å². The lowest BCUT2D eigenvalue weighted by Crippen LogP contribution is -2.38. The second-order valence-electron chi connectivity index (χ2n) is 7.43. The Kier molecular flexibility index (Phi) is 8.12. The molecule has 0 unspecified atom stereocenters. The summed E-state index contributed by atoms with van der Waals surface area (Å²) >= 11 is 0. The highest BCUT2D eigenvalue weighted by Gasteiger charge is 2.20. The Morgan fingerprint density at radius 1 is 1.13 bits per heavy atom. The number of hydrogen-bond donors (Lipinski definition) is 3. The maximum absolute atomic E-state index is 11.8. The van der Waals surface area contributed by atoms with Crippen molar-refractivity contribution in [1.82, 2.24) is 16.0 Å². The summed E-state index contributed by atoms with van der Waals surface area (Å²) in [4.78, 5) is 16.5. The van der Waals surface area contributed by atoms with Gasteiger partial charge in [0.25, 0.3) is 5.91 Å². The van der Waals surface area contributed by atoms with Crippen LogP contribution in [0.5, 0.6) is 5.75 Å². The van der Waals surface area contributed by atoms with Crippen molar-refractivity contribution in [3.05, 3.63) is 65.2 Å². The highest BCUT2D eigenvalue weighted by molar-refractivity contribution is 5.94. The summed E-state index contributed by atoms with van der Waals surface area (Å²) < 4.78 is 6.11. The molecule has 6 heteroatoms. The van der Waals surface area contributed by atoms with Crippen LogP contribution in [-0.4, -0.2) is 38.1 Å². The predicted molar refractivity (Wildman–Crippen MR) is 121 cm³/mol. The first-order valence-electron chi connectivity index (χ1n) is 10.8. The van der Waals surface area contributed by atoms with Gasteiger partial charge in [0.05, 0.1) is 12.6 Å². The van der Waals surface area contributed by atoms with Crippen LogP contribution >= 0.6 is 0 Å². The van der Waals surface area contributed by atoms with Crippen molar-refractivity contribution in [2.45, 2.75) is 45.3 Å². The van der Waals surface area contributed by atoms with Crippen LogP contribution in [0.4, 0.5) is 0 Å². The van der Waals surface area contributed by atoms with Crippen LogP contribution in [0.1, 0.15) is 47.7 Å². The van der Waals surface area contributed by atoms with Gasteiger partial charge in [-0.15, -0.1) is 0 Å². The zero-order valence-corrected chi connectivity index (χ0v) is 17.9. The first kappa shape index (κ1) is 21.7. The zero-order chi connectivity index (χ0) is 21.2. The number of amides is 1. The quantitative estimate of drug-likeness (QED) is 0.440. The molecule has 1 fully saturated rings. The molecule has 1 aliphatic carbocycles. The Labute approximate surface area is 179 Å². The van der Waals surface area contributed by atoms with Gasteiger partial charge in [-0.05, 0) is 56.4 Å². The van der Waals surface area contributed by atoms with Crippen LogP contribution in [0, 0.1) is 0 Å². The third-order valence-corrected chi connectivity index (χ3v) is 5.19. The van der Waals surface area contributed by atoms with E-state index in [0.29, 0.717) is 18.2 Å². The monoisotopic (exact) mass is 408 g/mol. The number of nitrogens with one attached hydrogen (secondary N) is 3. The zero-order valence-electron chi connectivity index (χ0n) is 17.9. The Morgan fingerprint density at radius 3 is 2.70 bits per heavy atom. The average Bonchev–Trinajstić information content (AvgIpc) is 2.75. The molecule has 6 nitrogen and oxygen atoms in total. The van der Waals surface area contributed by atoms with E-state index in [9.17, 15) is 4.79 Å². The molecule has 0 radical (unpaired) electrons. The molecule has 3 N–H and O–H groups in total. The largest absolute Gasteiger partial charge is 0.490 e. The number of benzene rings is 2. The van der Waals surface area contributed by atoms with E-state index in [-0.39, 0.29) is 5.91 Å². The van der Waals surface area contributed by atoms with Crippen molar-refractivity contribution in [2.24, 2.45) is 4.99 Å². The first-order valence-corrected chi connectivity index (χ1v) is 10.8. The van der Waals surface area contributed by atoms with Crippen LogP contribution in [0.3, 0.4) is 0 Å². The molecule has 0 spiro atoms. The summed E-state index contributed by atoms with van der Waals surface area (Å²) in [5.74, 6) is 1.65. The highest BCUT2D eigenvalue weighted by Crippen LogP contribution is 2.27. The first-order chi connectivity index (χ1) is 14.7. The van der Waals surface area contributed by atoms with Crippen molar-refractivity contribution in [3.63, 3.8) is 0 Å². The number of hydrogen-bond acceptors (Lipinski definition) is 3. The second kappa shape index (κ2) is 11.2. The summed E-state index contributed by atoms with van der Waals surface area (Å²) in [5, 5.41) is 9.34. The minimum absolute atomic E-state index is 0.0671. The van der Waals surface area contributed by atoms with E-state index < -0.39 is 0 Å². The summed E-state index contributed by atoms with van der Waals surface area (Å²) in [6.07, 6.45) is 4.69. The minimum Gasteiger partial charge on any atom is -0.490 e. The standard InChI is InChI=1S/C24H32N4O2/c1-3-26-24(27-15-14-18-8-6-10-19(16-18)23(29)25-2)28-17-20-9-4-5-13-22(20)30-21-11-7-12-21/h4-6,8-10,13,16,21H,3,7,11-12,14-15,17H2,1-2H3,(H,25,29)(H2,26,27,28). The molecule has 3 rings (SSSR count). The van der Waals surface area contributed by atoms with Gasteiger partial charge in [0.1, 0.15) is 5.75 Å². The number of nitrogens with zero attached hydrogens (tertiary/aromatic N) is 1. The molecule has 30 heavy (non-hydrogen) atoms. The van der Waals surface area contributed by atoms with Crippen LogP contribution in [0.25, 0.3) is 0 Å². The molecule has 1 saturated carbocycles. The van der Waals surface area contributed by atoms with Crippen molar-refractivity contribution >= 4 is 11.9 Å².